The van der Waals surface area contributed by atoms with Crippen LogP contribution in [-0.2, 0) is 15.1 Å². The predicted molar refractivity (Wildman–Crippen MR) is 101 cm³/mol. The summed E-state index contributed by atoms with van der Waals surface area (Å²) in [5.41, 5.74) is 0.168. The normalized spacial score (nSPS) is 19.3. The molecule has 2 aromatic carbocycles. The zero-order chi connectivity index (χ0) is 19.0. The zero-order valence-electron chi connectivity index (χ0n) is 14.2. The van der Waals surface area contributed by atoms with Crippen LogP contribution in [0.15, 0.2) is 76.0 Å². The molecule has 1 aliphatic rings. The predicted octanol–water partition coefficient (Wildman–Crippen LogP) is 4.22. The lowest BCUT2D eigenvalue weighted by molar-refractivity contribution is -0.150. The number of carbonyl (C=O) groups is 1. The summed E-state index contributed by atoms with van der Waals surface area (Å²) in [4.78, 5) is 23.4. The molecule has 3 aromatic rings. The first-order valence-electron chi connectivity index (χ1n) is 8.29. The molecule has 4 rings (SSSR count). The lowest BCUT2D eigenvalue weighted by atomic mass is 9.90. The highest BCUT2D eigenvalue weighted by Crippen LogP contribution is 2.40. The molecule has 5 nitrogen and oxygen atoms in total. The van der Waals surface area contributed by atoms with E-state index in [9.17, 15) is 9.59 Å². The fraction of sp³-hybridized carbons (Fsp3) is 0.143. The van der Waals surface area contributed by atoms with E-state index in [4.69, 9.17) is 25.5 Å². The summed E-state index contributed by atoms with van der Waals surface area (Å²) in [5.74, 6) is 0.0526. The van der Waals surface area contributed by atoms with Gasteiger partial charge in [-0.25, -0.2) is 9.59 Å². The molecule has 136 valence electrons. The molecule has 6 heteroatoms. The van der Waals surface area contributed by atoms with E-state index in [1.807, 2.05) is 0 Å². The molecule has 0 amide bonds. The third-order valence-corrected chi connectivity index (χ3v) is 4.76. The Morgan fingerprint density at radius 3 is 2.52 bits per heavy atom. The van der Waals surface area contributed by atoms with Crippen LogP contribution in [0.3, 0.4) is 0 Å². The van der Waals surface area contributed by atoms with Crippen molar-refractivity contribution in [2.45, 2.75) is 12.0 Å². The van der Waals surface area contributed by atoms with Gasteiger partial charge in [-0.15, -0.1) is 0 Å². The van der Waals surface area contributed by atoms with Gasteiger partial charge in [0, 0.05) is 34.5 Å². The van der Waals surface area contributed by atoms with Crippen LogP contribution >= 0.6 is 11.6 Å². The van der Waals surface area contributed by atoms with Crippen LogP contribution in [0.2, 0.25) is 5.02 Å². The number of rotatable bonds is 4. The molecule has 1 fully saturated rings. The van der Waals surface area contributed by atoms with Gasteiger partial charge in [-0.2, -0.15) is 0 Å². The molecule has 0 spiro atoms. The lowest BCUT2D eigenvalue weighted by Gasteiger charge is -2.28. The third-order valence-electron chi connectivity index (χ3n) is 4.51. The Balaban J connectivity index is 1.65. The average molecular weight is 383 g/mol. The van der Waals surface area contributed by atoms with Gasteiger partial charge in [-0.1, -0.05) is 30.3 Å². The van der Waals surface area contributed by atoms with Gasteiger partial charge in [-0.3, -0.25) is 0 Å². The number of halogens is 1. The smallest absolute Gasteiger partial charge is 0.336 e. The number of cyclic esters (lactones) is 1. The van der Waals surface area contributed by atoms with Gasteiger partial charge in [-0.05, 0) is 35.9 Å². The number of esters is 1. The Kier molecular flexibility index (Phi) is 4.24. The van der Waals surface area contributed by atoms with Crippen molar-refractivity contribution < 1.29 is 18.7 Å². The van der Waals surface area contributed by atoms with E-state index in [-0.39, 0.29) is 6.61 Å². The van der Waals surface area contributed by atoms with E-state index in [2.05, 4.69) is 6.58 Å². The maximum atomic E-state index is 12.0. The minimum Gasteiger partial charge on any atom is -0.489 e. The van der Waals surface area contributed by atoms with E-state index in [0.717, 1.165) is 10.9 Å². The van der Waals surface area contributed by atoms with Crippen LogP contribution < -0.4 is 10.4 Å². The molecule has 1 atom stereocenters. The molecule has 2 heterocycles. The fourth-order valence-electron chi connectivity index (χ4n) is 3.11. The Labute approximate surface area is 159 Å². The van der Waals surface area contributed by atoms with E-state index in [0.29, 0.717) is 28.3 Å². The Bertz CT molecular complexity index is 1080. The van der Waals surface area contributed by atoms with Gasteiger partial charge in [0.15, 0.2) is 5.60 Å². The van der Waals surface area contributed by atoms with E-state index in [1.54, 1.807) is 48.5 Å². The second kappa shape index (κ2) is 6.59. The fourth-order valence-corrected chi connectivity index (χ4v) is 3.24. The minimum absolute atomic E-state index is 0.0853. The highest BCUT2D eigenvalue weighted by molar-refractivity contribution is 6.30. The molecule has 0 N–H and O–H groups in total. The molecular formula is C21H15ClO5. The van der Waals surface area contributed by atoms with E-state index < -0.39 is 17.2 Å². The van der Waals surface area contributed by atoms with Crippen LogP contribution in [0.5, 0.6) is 5.75 Å². The van der Waals surface area contributed by atoms with Crippen molar-refractivity contribution in [2.75, 3.05) is 6.61 Å². The number of hydrogen-bond donors (Lipinski definition) is 0. The lowest BCUT2D eigenvalue weighted by Crippen LogP contribution is -2.33. The van der Waals surface area contributed by atoms with Crippen LogP contribution in [-0.4, -0.2) is 12.6 Å². The first kappa shape index (κ1) is 17.4. The summed E-state index contributed by atoms with van der Waals surface area (Å²) in [6.07, 6.45) is 0.316. The first-order valence-corrected chi connectivity index (χ1v) is 8.67. The molecule has 1 aliphatic heterocycles. The van der Waals surface area contributed by atoms with Crippen LogP contribution in [0, 0.1) is 0 Å². The topological polar surface area (TPSA) is 65.7 Å². The van der Waals surface area contributed by atoms with Gasteiger partial charge in [0.2, 0.25) is 0 Å². The summed E-state index contributed by atoms with van der Waals surface area (Å²) >= 11 is 5.97. The van der Waals surface area contributed by atoms with Gasteiger partial charge < -0.3 is 13.9 Å². The average Bonchev–Trinajstić information content (AvgIpc) is 2.95. The number of carbonyl (C=O) groups excluding carboxylic acids is 1. The van der Waals surface area contributed by atoms with Gasteiger partial charge in [0.05, 0.1) is 0 Å². The molecule has 0 bridgehead atoms. The van der Waals surface area contributed by atoms with Crippen molar-refractivity contribution in [3.63, 3.8) is 0 Å². The zero-order valence-corrected chi connectivity index (χ0v) is 15.0. The molecule has 1 aromatic heterocycles. The third kappa shape index (κ3) is 3.34. The van der Waals surface area contributed by atoms with Crippen molar-refractivity contribution in [1.29, 1.82) is 0 Å². The monoisotopic (exact) mass is 382 g/mol. The number of hydrogen-bond acceptors (Lipinski definition) is 5. The van der Waals surface area contributed by atoms with Crippen LogP contribution in [0.4, 0.5) is 0 Å². The highest BCUT2D eigenvalue weighted by atomic mass is 35.5. The molecular weight excluding hydrogens is 368 g/mol. The molecule has 1 unspecified atom stereocenters. The molecule has 0 aliphatic carbocycles. The van der Waals surface area contributed by atoms with E-state index in [1.165, 1.54) is 6.07 Å². The largest absolute Gasteiger partial charge is 0.489 e. The van der Waals surface area contributed by atoms with Crippen LogP contribution in [0.1, 0.15) is 12.0 Å². The number of fused-ring (bicyclic) bond motifs is 1. The summed E-state index contributed by atoms with van der Waals surface area (Å²) in [6.45, 7) is 3.86. The summed E-state index contributed by atoms with van der Waals surface area (Å²) in [5, 5.41) is 1.37. The molecule has 27 heavy (non-hydrogen) atoms. The van der Waals surface area contributed by atoms with Crippen molar-refractivity contribution in [3.8, 4) is 5.75 Å². The first-order chi connectivity index (χ1) is 12.9. The van der Waals surface area contributed by atoms with Crippen molar-refractivity contribution in [3.05, 3.63) is 87.8 Å². The highest BCUT2D eigenvalue weighted by Gasteiger charge is 2.45. The second-order valence-electron chi connectivity index (χ2n) is 6.41. The second-order valence-corrected chi connectivity index (χ2v) is 6.85. The van der Waals surface area contributed by atoms with E-state index >= 15 is 0 Å². The van der Waals surface area contributed by atoms with Crippen molar-refractivity contribution >= 4 is 28.5 Å². The Morgan fingerprint density at radius 1 is 1.07 bits per heavy atom. The van der Waals surface area contributed by atoms with Gasteiger partial charge >= 0.3 is 11.6 Å². The summed E-state index contributed by atoms with van der Waals surface area (Å²) in [7, 11) is 0. The standard InChI is InChI=1S/C21H15ClO5/c1-13-11-21(27-20(13)24,15-4-6-16(22)7-5-15)12-25-17-8-2-14-3-9-19(23)26-18(14)10-17/h2-10H,1,11-12H2. The van der Waals surface area contributed by atoms with Crippen molar-refractivity contribution in [1.82, 2.24) is 0 Å². The van der Waals surface area contributed by atoms with Gasteiger partial charge in [0.1, 0.15) is 17.9 Å². The SMILES string of the molecule is C=C1CC(COc2ccc3ccc(=O)oc3c2)(c2ccc(Cl)cc2)OC1=O. The quantitative estimate of drug-likeness (QED) is 0.384. The maximum absolute atomic E-state index is 12.0. The number of ether oxygens (including phenoxy) is 2. The molecule has 0 saturated carbocycles. The Morgan fingerprint density at radius 2 is 1.81 bits per heavy atom. The maximum Gasteiger partial charge on any atom is 0.336 e. The molecule has 0 radical (unpaired) electrons. The van der Waals surface area contributed by atoms with Gasteiger partial charge in [0.25, 0.3) is 0 Å². The summed E-state index contributed by atoms with van der Waals surface area (Å²) < 4.78 is 16.7. The number of benzene rings is 2. The minimum atomic E-state index is -0.981. The van der Waals surface area contributed by atoms with Crippen LogP contribution in [0.25, 0.3) is 11.0 Å². The summed E-state index contributed by atoms with van der Waals surface area (Å²) in [6, 6.07) is 15.3. The Hall–Kier alpha value is -3.05. The molecule has 1 saturated heterocycles. The van der Waals surface area contributed by atoms with Crippen molar-refractivity contribution in [2.24, 2.45) is 0 Å².